The maximum atomic E-state index is 11.9. The fourth-order valence-electron chi connectivity index (χ4n) is 2.20. The molecule has 20 heavy (non-hydrogen) atoms. The number of methoxy groups -OCH3 is 1. The van der Waals surface area contributed by atoms with Crippen molar-refractivity contribution in [2.75, 3.05) is 26.1 Å². The van der Waals surface area contributed by atoms with Crippen LogP contribution in [0.3, 0.4) is 0 Å². The minimum Gasteiger partial charge on any atom is -0.394 e. The van der Waals surface area contributed by atoms with E-state index in [1.54, 1.807) is 0 Å². The number of ether oxygens (including phenoxy) is 2. The third-order valence-electron chi connectivity index (χ3n) is 3.28. The van der Waals surface area contributed by atoms with Gasteiger partial charge in [-0.05, 0) is 0 Å². The first-order valence-corrected chi connectivity index (χ1v) is 6.03. The number of nitrogens with one attached hydrogen (secondary N) is 2. The van der Waals surface area contributed by atoms with Crippen molar-refractivity contribution < 1.29 is 19.7 Å². The highest BCUT2D eigenvalue weighted by molar-refractivity contribution is 5.36. The Morgan fingerprint density at radius 3 is 2.80 bits per heavy atom. The molecule has 2 rings (SSSR count). The lowest BCUT2D eigenvalue weighted by molar-refractivity contribution is -0.0624. The maximum Gasteiger partial charge on any atom is 0.330 e. The third kappa shape index (κ3) is 2.36. The summed E-state index contributed by atoms with van der Waals surface area (Å²) in [5.74, 6) is 0. The Balaban J connectivity index is 2.45. The highest BCUT2D eigenvalue weighted by Gasteiger charge is 2.45. The molecule has 1 aromatic rings. The van der Waals surface area contributed by atoms with Crippen LogP contribution < -0.4 is 16.6 Å². The topological polar surface area (TPSA) is 126 Å². The van der Waals surface area contributed by atoms with Gasteiger partial charge in [0.25, 0.3) is 5.56 Å². The first-order valence-electron chi connectivity index (χ1n) is 6.03. The molecule has 0 aromatic carbocycles. The Hall–Kier alpha value is -1.68. The van der Waals surface area contributed by atoms with Crippen molar-refractivity contribution in [1.29, 1.82) is 0 Å². The molecular formula is C11H17N3O6. The number of H-pyrrole nitrogens is 1. The average Bonchev–Trinajstić information content (AvgIpc) is 2.75. The molecule has 1 aliphatic rings. The summed E-state index contributed by atoms with van der Waals surface area (Å²) in [7, 11) is 2.90. The van der Waals surface area contributed by atoms with Crippen LogP contribution in [0, 0.1) is 0 Å². The number of nitrogens with zero attached hydrogens (tertiary/aromatic N) is 1. The van der Waals surface area contributed by atoms with Crippen molar-refractivity contribution in [2.45, 2.75) is 24.5 Å². The molecular weight excluding hydrogens is 270 g/mol. The Bertz CT molecular complexity index is 582. The molecule has 2 heterocycles. The highest BCUT2D eigenvalue weighted by atomic mass is 16.6. The molecule has 0 unspecified atom stereocenters. The van der Waals surface area contributed by atoms with Crippen LogP contribution in [0.5, 0.6) is 0 Å². The zero-order valence-corrected chi connectivity index (χ0v) is 11.1. The van der Waals surface area contributed by atoms with E-state index >= 15 is 0 Å². The fraction of sp³-hybridized carbons (Fsp3) is 0.636. The second kappa shape index (κ2) is 5.75. The lowest BCUT2D eigenvalue weighted by Crippen LogP contribution is -2.39. The van der Waals surface area contributed by atoms with Crippen molar-refractivity contribution >= 4 is 5.69 Å². The van der Waals surface area contributed by atoms with E-state index in [4.69, 9.17) is 14.6 Å². The van der Waals surface area contributed by atoms with Crippen LogP contribution >= 0.6 is 0 Å². The SMILES string of the molecule is CNc1cn([C@@H]2O[C@H](CO)[C@@H](O)[C@H]2OC)c(=O)[nH]c1=O. The summed E-state index contributed by atoms with van der Waals surface area (Å²) in [6, 6.07) is 0. The van der Waals surface area contributed by atoms with Crippen LogP contribution in [0.2, 0.25) is 0 Å². The predicted molar refractivity (Wildman–Crippen MR) is 68.7 cm³/mol. The Morgan fingerprint density at radius 1 is 1.55 bits per heavy atom. The standard InChI is InChI=1S/C11H17N3O6/c1-12-5-3-14(11(18)13-9(5)17)10-8(19-2)7(16)6(4-15)20-10/h3,6-8,10,12,15-16H,4H2,1-2H3,(H,13,17,18)/t6-,7-,8-,10-/m1/s1. The van der Waals surface area contributed by atoms with E-state index in [-0.39, 0.29) is 5.69 Å². The molecule has 0 bridgehead atoms. The molecule has 1 aromatic heterocycles. The number of hydrogen-bond donors (Lipinski definition) is 4. The monoisotopic (exact) mass is 287 g/mol. The van der Waals surface area contributed by atoms with Gasteiger partial charge in [-0.15, -0.1) is 0 Å². The predicted octanol–water partition coefficient (Wildman–Crippen LogP) is -2.16. The lowest BCUT2D eigenvalue weighted by Gasteiger charge is -2.20. The normalized spacial score (nSPS) is 29.6. The first-order chi connectivity index (χ1) is 9.53. The zero-order valence-electron chi connectivity index (χ0n) is 11.1. The quantitative estimate of drug-likeness (QED) is 0.497. The number of aromatic amines is 1. The van der Waals surface area contributed by atoms with Crippen LogP contribution in [0.4, 0.5) is 5.69 Å². The molecule has 0 spiro atoms. The second-order valence-electron chi connectivity index (χ2n) is 4.40. The molecule has 0 amide bonds. The Kier molecular flexibility index (Phi) is 4.23. The van der Waals surface area contributed by atoms with Gasteiger partial charge >= 0.3 is 5.69 Å². The summed E-state index contributed by atoms with van der Waals surface area (Å²) in [6.07, 6.45) is -2.43. The number of rotatable bonds is 4. The largest absolute Gasteiger partial charge is 0.394 e. The van der Waals surface area contributed by atoms with E-state index in [0.717, 1.165) is 4.57 Å². The maximum absolute atomic E-state index is 11.9. The fourth-order valence-corrected chi connectivity index (χ4v) is 2.20. The van der Waals surface area contributed by atoms with Gasteiger partial charge in [-0.3, -0.25) is 14.3 Å². The molecule has 0 aliphatic carbocycles. The van der Waals surface area contributed by atoms with E-state index < -0.39 is 42.4 Å². The van der Waals surface area contributed by atoms with Crippen molar-refractivity contribution in [3.05, 3.63) is 27.0 Å². The van der Waals surface area contributed by atoms with E-state index in [1.807, 2.05) is 0 Å². The number of hydrogen-bond acceptors (Lipinski definition) is 7. The molecule has 1 saturated heterocycles. The van der Waals surface area contributed by atoms with Gasteiger partial charge in [0, 0.05) is 20.4 Å². The summed E-state index contributed by atoms with van der Waals surface area (Å²) < 4.78 is 11.7. The van der Waals surface area contributed by atoms with E-state index in [1.165, 1.54) is 20.4 Å². The molecule has 4 atom stereocenters. The molecule has 9 heteroatoms. The summed E-state index contributed by atoms with van der Waals surface area (Å²) in [4.78, 5) is 25.5. The van der Waals surface area contributed by atoms with Gasteiger partial charge in [-0.25, -0.2) is 4.79 Å². The van der Waals surface area contributed by atoms with E-state index in [9.17, 15) is 14.7 Å². The van der Waals surface area contributed by atoms with Crippen LogP contribution in [-0.2, 0) is 9.47 Å². The third-order valence-corrected chi connectivity index (χ3v) is 3.28. The zero-order chi connectivity index (χ0) is 14.9. The minimum atomic E-state index is -1.08. The smallest absolute Gasteiger partial charge is 0.330 e. The Morgan fingerprint density at radius 2 is 2.25 bits per heavy atom. The van der Waals surface area contributed by atoms with Crippen molar-refractivity contribution in [2.24, 2.45) is 0 Å². The van der Waals surface area contributed by atoms with Gasteiger partial charge < -0.3 is 25.0 Å². The highest BCUT2D eigenvalue weighted by Crippen LogP contribution is 2.30. The Labute approximate surface area is 113 Å². The minimum absolute atomic E-state index is 0.171. The van der Waals surface area contributed by atoms with Crippen molar-refractivity contribution in [1.82, 2.24) is 9.55 Å². The van der Waals surface area contributed by atoms with E-state index in [0.29, 0.717) is 0 Å². The summed E-state index contributed by atoms with van der Waals surface area (Å²) >= 11 is 0. The van der Waals surface area contributed by atoms with Gasteiger partial charge in [0.15, 0.2) is 6.23 Å². The number of aliphatic hydroxyl groups is 2. The number of aromatic nitrogens is 2. The van der Waals surface area contributed by atoms with Crippen LogP contribution in [0.1, 0.15) is 6.23 Å². The first kappa shape index (κ1) is 14.7. The molecule has 4 N–H and O–H groups in total. The summed E-state index contributed by atoms with van der Waals surface area (Å²) in [5, 5.41) is 21.7. The summed E-state index contributed by atoms with van der Waals surface area (Å²) in [6.45, 7) is -0.408. The lowest BCUT2D eigenvalue weighted by atomic mass is 10.1. The molecule has 1 fully saturated rings. The van der Waals surface area contributed by atoms with Crippen LogP contribution in [-0.4, -0.2) is 58.8 Å². The van der Waals surface area contributed by atoms with Crippen molar-refractivity contribution in [3.63, 3.8) is 0 Å². The van der Waals surface area contributed by atoms with E-state index in [2.05, 4.69) is 10.3 Å². The molecule has 1 aliphatic heterocycles. The molecule has 0 radical (unpaired) electrons. The van der Waals surface area contributed by atoms with Gasteiger partial charge in [0.1, 0.15) is 24.0 Å². The average molecular weight is 287 g/mol. The molecule has 0 saturated carbocycles. The van der Waals surface area contributed by atoms with Gasteiger partial charge in [-0.2, -0.15) is 0 Å². The van der Waals surface area contributed by atoms with Crippen LogP contribution in [0.25, 0.3) is 0 Å². The molecule has 112 valence electrons. The van der Waals surface area contributed by atoms with Gasteiger partial charge in [-0.1, -0.05) is 0 Å². The number of aliphatic hydroxyl groups excluding tert-OH is 2. The van der Waals surface area contributed by atoms with Gasteiger partial charge in [0.2, 0.25) is 0 Å². The second-order valence-corrected chi connectivity index (χ2v) is 4.40. The van der Waals surface area contributed by atoms with Crippen LogP contribution in [0.15, 0.2) is 15.8 Å². The van der Waals surface area contributed by atoms with Gasteiger partial charge in [0.05, 0.1) is 6.61 Å². The number of anilines is 1. The van der Waals surface area contributed by atoms with Crippen molar-refractivity contribution in [3.8, 4) is 0 Å². The molecule has 9 nitrogen and oxygen atoms in total. The summed E-state index contributed by atoms with van der Waals surface area (Å²) in [5.41, 5.74) is -1.07.